The molecule has 112 valence electrons. The summed E-state index contributed by atoms with van der Waals surface area (Å²) < 4.78 is 0. The van der Waals surface area contributed by atoms with Crippen LogP contribution in [0.4, 0.5) is 5.82 Å². The van der Waals surface area contributed by atoms with Crippen molar-refractivity contribution >= 4 is 27.4 Å². The number of likely N-dealkylation sites (tertiary alicyclic amines) is 1. The van der Waals surface area contributed by atoms with Crippen LogP contribution in [0.15, 0.2) is 11.4 Å². The molecular weight excluding hydrogens is 280 g/mol. The highest BCUT2D eigenvalue weighted by atomic mass is 32.1. The van der Waals surface area contributed by atoms with Crippen LogP contribution >= 0.6 is 11.3 Å². The van der Waals surface area contributed by atoms with Crippen LogP contribution in [0.25, 0.3) is 10.2 Å². The minimum absolute atomic E-state index is 0.625. The third-order valence-corrected chi connectivity index (χ3v) is 6.15. The average Bonchev–Trinajstić information content (AvgIpc) is 3.11. The molecule has 0 bridgehead atoms. The lowest BCUT2D eigenvalue weighted by atomic mass is 9.77. The molecule has 2 N–H and O–H groups in total. The van der Waals surface area contributed by atoms with Gasteiger partial charge >= 0.3 is 0 Å². The average molecular weight is 302 g/mol. The van der Waals surface area contributed by atoms with E-state index in [1.54, 1.807) is 11.3 Å². The summed E-state index contributed by atoms with van der Waals surface area (Å²) in [5.74, 6) is 1.50. The molecule has 4 nitrogen and oxygen atoms in total. The van der Waals surface area contributed by atoms with Gasteiger partial charge in [-0.3, -0.25) is 4.90 Å². The number of nitrogen functional groups attached to an aromatic ring is 1. The first kappa shape index (κ1) is 13.5. The Morgan fingerprint density at radius 1 is 1.14 bits per heavy atom. The highest BCUT2D eigenvalue weighted by Crippen LogP contribution is 2.46. The van der Waals surface area contributed by atoms with Gasteiger partial charge in [0.2, 0.25) is 0 Å². The van der Waals surface area contributed by atoms with Gasteiger partial charge in [-0.15, -0.1) is 11.3 Å². The summed E-state index contributed by atoms with van der Waals surface area (Å²) in [5, 5.41) is 3.02. The van der Waals surface area contributed by atoms with Crippen molar-refractivity contribution in [2.24, 2.45) is 5.41 Å². The first-order chi connectivity index (χ1) is 10.2. The second kappa shape index (κ2) is 5.21. The van der Waals surface area contributed by atoms with E-state index in [-0.39, 0.29) is 0 Å². The fraction of sp³-hybridized carbons (Fsp3) is 0.625. The highest BCUT2D eigenvalue weighted by Gasteiger charge is 2.36. The van der Waals surface area contributed by atoms with Crippen LogP contribution in [-0.4, -0.2) is 28.0 Å². The molecule has 21 heavy (non-hydrogen) atoms. The Hall–Kier alpha value is -1.20. The van der Waals surface area contributed by atoms with Crippen molar-refractivity contribution in [1.29, 1.82) is 0 Å². The van der Waals surface area contributed by atoms with Gasteiger partial charge in [0.1, 0.15) is 16.5 Å². The number of thiophene rings is 1. The Morgan fingerprint density at radius 3 is 2.67 bits per heavy atom. The van der Waals surface area contributed by atoms with Crippen molar-refractivity contribution in [2.45, 2.75) is 45.1 Å². The number of nitrogens with zero attached hydrogens (tertiary/aromatic N) is 3. The molecular formula is C16H22N4S. The highest BCUT2D eigenvalue weighted by molar-refractivity contribution is 7.16. The fourth-order valence-electron chi connectivity index (χ4n) is 4.01. The van der Waals surface area contributed by atoms with Gasteiger partial charge in [0.05, 0.1) is 11.9 Å². The molecule has 1 aliphatic carbocycles. The van der Waals surface area contributed by atoms with Crippen LogP contribution in [0.3, 0.4) is 0 Å². The van der Waals surface area contributed by atoms with Gasteiger partial charge in [0, 0.05) is 0 Å². The minimum Gasteiger partial charge on any atom is -0.383 e. The van der Waals surface area contributed by atoms with Crippen molar-refractivity contribution in [2.75, 3.05) is 18.8 Å². The number of hydrogen-bond donors (Lipinski definition) is 1. The molecule has 3 heterocycles. The molecule has 5 heteroatoms. The smallest absolute Gasteiger partial charge is 0.146 e. The minimum atomic E-state index is 0.625. The van der Waals surface area contributed by atoms with E-state index in [1.807, 2.05) is 11.4 Å². The Bertz CT molecular complexity index is 635. The van der Waals surface area contributed by atoms with Crippen LogP contribution in [0, 0.1) is 5.41 Å². The molecule has 1 saturated carbocycles. The van der Waals surface area contributed by atoms with Gasteiger partial charge in [-0.1, -0.05) is 12.8 Å². The normalized spacial score (nSPS) is 22.3. The predicted octanol–water partition coefficient (Wildman–Crippen LogP) is 3.43. The summed E-state index contributed by atoms with van der Waals surface area (Å²) in [5.41, 5.74) is 6.71. The number of fused-ring (bicyclic) bond motifs is 1. The molecule has 0 radical (unpaired) electrons. The van der Waals surface area contributed by atoms with Crippen molar-refractivity contribution in [3.05, 3.63) is 17.3 Å². The summed E-state index contributed by atoms with van der Waals surface area (Å²) in [4.78, 5) is 12.7. The predicted molar refractivity (Wildman–Crippen MR) is 87.2 cm³/mol. The number of nitrogens with two attached hydrogens (primary N) is 1. The van der Waals surface area contributed by atoms with Crippen molar-refractivity contribution in [1.82, 2.24) is 14.9 Å². The maximum absolute atomic E-state index is 6.04. The van der Waals surface area contributed by atoms with Crippen LogP contribution in [0.5, 0.6) is 0 Å². The van der Waals surface area contributed by atoms with Crippen molar-refractivity contribution in [3.63, 3.8) is 0 Å². The van der Waals surface area contributed by atoms with Gasteiger partial charge in [0.25, 0.3) is 0 Å². The number of piperidine rings is 1. The number of hydrogen-bond acceptors (Lipinski definition) is 5. The first-order valence-corrected chi connectivity index (χ1v) is 8.84. The summed E-state index contributed by atoms with van der Waals surface area (Å²) in [6, 6.07) is 2.00. The molecule has 0 atom stereocenters. The molecule has 0 aromatic carbocycles. The van der Waals surface area contributed by atoms with E-state index in [1.165, 1.54) is 51.6 Å². The summed E-state index contributed by atoms with van der Waals surface area (Å²) in [6.45, 7) is 3.21. The molecule has 2 aromatic rings. The lowest BCUT2D eigenvalue weighted by Gasteiger charge is -2.39. The first-order valence-electron chi connectivity index (χ1n) is 7.96. The lowest BCUT2D eigenvalue weighted by Crippen LogP contribution is -2.38. The lowest BCUT2D eigenvalue weighted by molar-refractivity contribution is 0.102. The van der Waals surface area contributed by atoms with Gasteiger partial charge in [-0.25, -0.2) is 9.97 Å². The molecule has 0 amide bonds. The Labute approximate surface area is 129 Å². The summed E-state index contributed by atoms with van der Waals surface area (Å²) in [7, 11) is 0. The second-order valence-corrected chi connectivity index (χ2v) is 7.54. The van der Waals surface area contributed by atoms with E-state index in [0.717, 1.165) is 22.6 Å². The van der Waals surface area contributed by atoms with Gasteiger partial charge in [-0.05, 0) is 55.6 Å². The zero-order valence-electron chi connectivity index (χ0n) is 12.3. The summed E-state index contributed by atoms with van der Waals surface area (Å²) in [6.07, 6.45) is 8.48. The van der Waals surface area contributed by atoms with Crippen molar-refractivity contribution in [3.8, 4) is 0 Å². The zero-order chi connectivity index (χ0) is 14.3. The van der Waals surface area contributed by atoms with Gasteiger partial charge < -0.3 is 5.73 Å². The Balaban J connectivity index is 1.46. The number of aromatic nitrogens is 2. The molecule has 1 aliphatic heterocycles. The Morgan fingerprint density at radius 2 is 1.90 bits per heavy atom. The maximum atomic E-state index is 6.04. The van der Waals surface area contributed by atoms with E-state index in [0.29, 0.717) is 11.2 Å². The third-order valence-electron chi connectivity index (χ3n) is 5.35. The molecule has 2 aliphatic rings. The maximum Gasteiger partial charge on any atom is 0.146 e. The monoisotopic (exact) mass is 302 g/mol. The fourth-order valence-corrected chi connectivity index (χ4v) is 4.80. The number of anilines is 1. The third kappa shape index (κ3) is 2.53. The van der Waals surface area contributed by atoms with Crippen molar-refractivity contribution < 1.29 is 0 Å². The van der Waals surface area contributed by atoms with E-state index in [9.17, 15) is 0 Å². The standard InChI is InChI=1S/C16H22N4S/c17-14-12-3-10-21-15(12)19-13(18-14)11-20-8-6-16(7-9-20)4-1-2-5-16/h3,10H,1-2,4-9,11H2,(H2,17,18,19). The second-order valence-electron chi connectivity index (χ2n) is 6.65. The zero-order valence-corrected chi connectivity index (χ0v) is 13.2. The quantitative estimate of drug-likeness (QED) is 0.923. The topological polar surface area (TPSA) is 55.0 Å². The van der Waals surface area contributed by atoms with Crippen LogP contribution < -0.4 is 5.73 Å². The van der Waals surface area contributed by atoms with E-state index < -0.39 is 0 Å². The van der Waals surface area contributed by atoms with Crippen LogP contribution in [0.1, 0.15) is 44.3 Å². The molecule has 1 saturated heterocycles. The van der Waals surface area contributed by atoms with Gasteiger partial charge in [0.15, 0.2) is 0 Å². The van der Waals surface area contributed by atoms with Gasteiger partial charge in [-0.2, -0.15) is 0 Å². The Kier molecular flexibility index (Phi) is 3.34. The van der Waals surface area contributed by atoms with E-state index in [2.05, 4.69) is 14.9 Å². The van der Waals surface area contributed by atoms with E-state index in [4.69, 9.17) is 5.73 Å². The largest absolute Gasteiger partial charge is 0.383 e. The molecule has 2 fully saturated rings. The SMILES string of the molecule is Nc1nc(CN2CCC3(CCCC3)CC2)nc2sccc12. The van der Waals surface area contributed by atoms with E-state index >= 15 is 0 Å². The molecule has 4 rings (SSSR count). The molecule has 0 unspecified atom stereocenters. The summed E-state index contributed by atoms with van der Waals surface area (Å²) >= 11 is 1.64. The molecule has 1 spiro atoms. The number of rotatable bonds is 2. The van der Waals surface area contributed by atoms with Crippen LogP contribution in [0.2, 0.25) is 0 Å². The molecule has 2 aromatic heterocycles. The van der Waals surface area contributed by atoms with Crippen LogP contribution in [-0.2, 0) is 6.54 Å².